The zero-order chi connectivity index (χ0) is 36.3. The average molecular weight is 723 g/mol. The Balaban J connectivity index is 1.11. The summed E-state index contributed by atoms with van der Waals surface area (Å²) < 4.78 is 8.94. The highest BCUT2D eigenvalue weighted by Gasteiger charge is 2.28. The van der Waals surface area contributed by atoms with Crippen molar-refractivity contribution in [2.24, 2.45) is 0 Å². The Hall–Kier alpha value is -6.66. The number of fused-ring (bicyclic) bond motifs is 7. The van der Waals surface area contributed by atoms with Crippen LogP contribution in [0.3, 0.4) is 0 Å². The van der Waals surface area contributed by atoms with Crippen LogP contribution in [-0.4, -0.2) is 13.4 Å². The van der Waals surface area contributed by atoms with Gasteiger partial charge in [0.05, 0.1) is 17.1 Å². The summed E-state index contributed by atoms with van der Waals surface area (Å²) in [5.41, 5.74) is 10.1. The fraction of sp³-hybridized carbons (Fsp3) is 0.0400. The largest absolute Gasteiger partial charge is 0.456 e. The first kappa shape index (κ1) is 31.8. The van der Waals surface area contributed by atoms with Gasteiger partial charge in [-0.1, -0.05) is 162 Å². The van der Waals surface area contributed by atoms with Gasteiger partial charge < -0.3 is 14.3 Å². The number of para-hydroxylation sites is 2. The molecular weight excluding hydrogens is 687 g/mol. The molecule has 261 valence electrons. The number of aromatic nitrogens is 1. The molecule has 0 bridgehead atoms. The molecule has 3 heterocycles. The molecule has 55 heavy (non-hydrogen) atoms. The van der Waals surface area contributed by atoms with Crippen LogP contribution in [-0.2, 0) is 0 Å². The molecule has 0 fully saturated rings. The normalized spacial score (nSPS) is 15.5. The Morgan fingerprint density at radius 2 is 1.13 bits per heavy atom. The zero-order valence-corrected chi connectivity index (χ0v) is 31.0. The molecule has 8 aromatic carbocycles. The predicted octanol–water partition coefficient (Wildman–Crippen LogP) is 10.0. The summed E-state index contributed by atoms with van der Waals surface area (Å²) in [6, 6.07) is 70.6. The summed E-state index contributed by atoms with van der Waals surface area (Å²) in [5, 5.41) is 16.5. The average Bonchev–Trinajstić information content (AvgIpc) is 3.78. The van der Waals surface area contributed by atoms with E-state index in [0.29, 0.717) is 0 Å². The number of anilines is 1. The summed E-state index contributed by atoms with van der Waals surface area (Å²) >= 11 is 0. The monoisotopic (exact) mass is 722 g/mol. The van der Waals surface area contributed by atoms with Crippen molar-refractivity contribution in [2.45, 2.75) is 12.2 Å². The van der Waals surface area contributed by atoms with E-state index in [2.05, 4.69) is 203 Å². The van der Waals surface area contributed by atoms with Gasteiger partial charge in [-0.3, -0.25) is 5.32 Å². The fourth-order valence-corrected chi connectivity index (χ4v) is 11.2. The van der Waals surface area contributed by atoms with Crippen molar-refractivity contribution in [1.82, 2.24) is 9.88 Å². The van der Waals surface area contributed by atoms with Crippen LogP contribution in [0.5, 0.6) is 0 Å². The minimum absolute atomic E-state index is 0.0619. The number of nitrogens with zero attached hydrogens (tertiary/aromatic N) is 1. The van der Waals surface area contributed by atoms with Crippen LogP contribution >= 0.6 is 0 Å². The van der Waals surface area contributed by atoms with Gasteiger partial charge in [0.15, 0.2) is 8.80 Å². The molecule has 1 aliphatic rings. The van der Waals surface area contributed by atoms with Crippen LogP contribution in [0.4, 0.5) is 5.69 Å². The lowest BCUT2D eigenvalue weighted by atomic mass is 9.93. The number of rotatable bonds is 6. The highest BCUT2D eigenvalue weighted by Crippen LogP contribution is 2.40. The lowest BCUT2D eigenvalue weighted by Gasteiger charge is -2.35. The van der Waals surface area contributed by atoms with E-state index < -0.39 is 8.80 Å². The maximum Gasteiger partial charge on any atom is 0.154 e. The van der Waals surface area contributed by atoms with Crippen LogP contribution in [0.25, 0.3) is 49.4 Å². The SMILES string of the molecule is c1ccc(C2NC(c3cccc(-n4c5ccc([Si](c6ccccc6)c6ccccc6)cc5c5cc6oc7ccccc7c6cc54)c3)Nc3ccccc32)cc1. The van der Waals surface area contributed by atoms with E-state index in [0.717, 1.165) is 38.8 Å². The van der Waals surface area contributed by atoms with Crippen molar-refractivity contribution in [3.63, 3.8) is 0 Å². The van der Waals surface area contributed by atoms with E-state index in [1.807, 2.05) is 6.07 Å². The highest BCUT2D eigenvalue weighted by molar-refractivity contribution is 6.95. The Morgan fingerprint density at radius 1 is 0.455 bits per heavy atom. The molecule has 2 unspecified atom stereocenters. The minimum atomic E-state index is -1.27. The van der Waals surface area contributed by atoms with Crippen LogP contribution in [0, 0.1) is 0 Å². The molecule has 11 rings (SSSR count). The first-order chi connectivity index (χ1) is 27.3. The van der Waals surface area contributed by atoms with Gasteiger partial charge in [-0.2, -0.15) is 0 Å². The number of furan rings is 1. The van der Waals surface area contributed by atoms with Gasteiger partial charge in [0, 0.05) is 32.9 Å². The van der Waals surface area contributed by atoms with Gasteiger partial charge in [0.25, 0.3) is 0 Å². The molecule has 0 saturated heterocycles. The predicted molar refractivity (Wildman–Crippen MR) is 230 cm³/mol. The second-order valence-electron chi connectivity index (χ2n) is 14.4. The minimum Gasteiger partial charge on any atom is -0.456 e. The van der Waals surface area contributed by atoms with Gasteiger partial charge in [-0.05, 0) is 64.3 Å². The summed E-state index contributed by atoms with van der Waals surface area (Å²) in [6.45, 7) is 0. The van der Waals surface area contributed by atoms with Crippen molar-refractivity contribution in [2.75, 3.05) is 5.32 Å². The quantitative estimate of drug-likeness (QED) is 0.133. The van der Waals surface area contributed by atoms with Crippen molar-refractivity contribution in [1.29, 1.82) is 0 Å². The third-order valence-electron chi connectivity index (χ3n) is 11.2. The van der Waals surface area contributed by atoms with Crippen molar-refractivity contribution in [3.05, 3.63) is 211 Å². The van der Waals surface area contributed by atoms with E-state index in [1.54, 1.807) is 0 Å². The molecule has 2 atom stereocenters. The smallest absolute Gasteiger partial charge is 0.154 e. The molecule has 5 heteroatoms. The van der Waals surface area contributed by atoms with E-state index in [4.69, 9.17) is 4.42 Å². The number of benzene rings is 8. The van der Waals surface area contributed by atoms with Crippen LogP contribution in [0.15, 0.2) is 199 Å². The Labute approximate surface area is 320 Å². The molecule has 0 spiro atoms. The molecule has 0 saturated carbocycles. The van der Waals surface area contributed by atoms with Gasteiger partial charge in [-0.15, -0.1) is 0 Å². The van der Waals surface area contributed by atoms with Crippen LogP contribution < -0.4 is 26.2 Å². The summed E-state index contributed by atoms with van der Waals surface area (Å²) in [4.78, 5) is 0. The van der Waals surface area contributed by atoms with Gasteiger partial charge >= 0.3 is 0 Å². The number of hydrogen-bond donors (Lipinski definition) is 2. The summed E-state index contributed by atoms with van der Waals surface area (Å²) in [5.74, 6) is 0. The maximum atomic E-state index is 6.49. The van der Waals surface area contributed by atoms with Crippen LogP contribution in [0.2, 0.25) is 0 Å². The molecule has 10 aromatic rings. The lowest BCUT2D eigenvalue weighted by Crippen LogP contribution is -2.51. The first-order valence-corrected chi connectivity index (χ1v) is 20.4. The molecule has 1 aliphatic heterocycles. The van der Waals surface area contributed by atoms with E-state index in [-0.39, 0.29) is 12.2 Å². The molecule has 2 aromatic heterocycles. The number of nitrogens with one attached hydrogen (secondary N) is 2. The van der Waals surface area contributed by atoms with Gasteiger partial charge in [0.1, 0.15) is 17.3 Å². The second-order valence-corrected chi connectivity index (χ2v) is 16.9. The summed E-state index contributed by atoms with van der Waals surface area (Å²) in [7, 11) is -1.27. The lowest BCUT2D eigenvalue weighted by molar-refractivity contribution is 0.506. The Morgan fingerprint density at radius 3 is 1.93 bits per heavy atom. The molecule has 1 radical (unpaired) electrons. The second kappa shape index (κ2) is 13.0. The third-order valence-corrected chi connectivity index (χ3v) is 13.9. The highest BCUT2D eigenvalue weighted by atomic mass is 28.3. The summed E-state index contributed by atoms with van der Waals surface area (Å²) in [6.07, 6.45) is -0.0915. The molecule has 0 aliphatic carbocycles. The molecule has 2 N–H and O–H groups in total. The molecule has 0 amide bonds. The van der Waals surface area contributed by atoms with Crippen LogP contribution in [0.1, 0.15) is 28.9 Å². The van der Waals surface area contributed by atoms with Crippen molar-refractivity contribution < 1.29 is 4.42 Å². The van der Waals surface area contributed by atoms with Crippen molar-refractivity contribution in [3.8, 4) is 5.69 Å². The zero-order valence-electron chi connectivity index (χ0n) is 30.0. The van der Waals surface area contributed by atoms with E-state index in [1.165, 1.54) is 48.5 Å². The van der Waals surface area contributed by atoms with Gasteiger partial charge in [0.2, 0.25) is 0 Å². The molecule has 4 nitrogen and oxygen atoms in total. The van der Waals surface area contributed by atoms with Crippen molar-refractivity contribution >= 4 is 73.8 Å². The third kappa shape index (κ3) is 5.39. The number of hydrogen-bond acceptors (Lipinski definition) is 3. The standard InChI is InChI=1S/C50H36N3OSi/c1-4-15-33(16-5-1)49-40-24-10-12-25-44(40)51-50(52-49)34-17-14-18-35(29-34)53-45-28-27-38(55(36-19-6-2-7-20-36)37-21-8-3-9-22-37)30-41(45)42-32-48-43(31-46(42)53)39-23-11-13-26-47(39)54-48/h1-32,49-52H. The van der Waals surface area contributed by atoms with E-state index in [9.17, 15) is 0 Å². The van der Waals surface area contributed by atoms with E-state index >= 15 is 0 Å². The van der Waals surface area contributed by atoms with Gasteiger partial charge in [-0.25, -0.2) is 0 Å². The topological polar surface area (TPSA) is 42.1 Å². The maximum absolute atomic E-state index is 6.49. The Kier molecular flexibility index (Phi) is 7.54. The fourth-order valence-electron chi connectivity index (χ4n) is 8.66. The first-order valence-electron chi connectivity index (χ1n) is 18.9. The molecular formula is C50H36N3OSi. The Bertz CT molecular complexity index is 2970.